The molecule has 0 aliphatic carbocycles. The van der Waals surface area contributed by atoms with Crippen LogP contribution in [0.25, 0.3) is 0 Å². The Balaban J connectivity index is 0.00000289. The van der Waals surface area contributed by atoms with Gasteiger partial charge in [0.2, 0.25) is 11.8 Å². The SMILES string of the molecule is CCNC(=O)CC1NCCN(CCOC)C1=O.Cl. The van der Waals surface area contributed by atoms with Gasteiger partial charge in [0, 0.05) is 33.3 Å². The summed E-state index contributed by atoms with van der Waals surface area (Å²) in [4.78, 5) is 25.2. The van der Waals surface area contributed by atoms with Crippen molar-refractivity contribution >= 4 is 24.2 Å². The summed E-state index contributed by atoms with van der Waals surface area (Å²) in [5.41, 5.74) is 0. The smallest absolute Gasteiger partial charge is 0.240 e. The van der Waals surface area contributed by atoms with Gasteiger partial charge in [-0.05, 0) is 6.92 Å². The average molecular weight is 280 g/mol. The Labute approximate surface area is 114 Å². The maximum atomic E-state index is 12.0. The molecular formula is C11H22ClN3O3. The number of carbonyl (C=O) groups excluding carboxylic acids is 2. The highest BCUT2D eigenvalue weighted by Crippen LogP contribution is 2.04. The van der Waals surface area contributed by atoms with Gasteiger partial charge in [0.25, 0.3) is 0 Å². The van der Waals surface area contributed by atoms with E-state index in [-0.39, 0.29) is 30.6 Å². The van der Waals surface area contributed by atoms with E-state index in [0.717, 1.165) is 6.54 Å². The van der Waals surface area contributed by atoms with E-state index in [9.17, 15) is 9.59 Å². The Hall–Kier alpha value is -0.850. The van der Waals surface area contributed by atoms with E-state index in [1.165, 1.54) is 0 Å². The lowest BCUT2D eigenvalue weighted by atomic mass is 10.1. The first-order valence-corrected chi connectivity index (χ1v) is 5.96. The van der Waals surface area contributed by atoms with E-state index in [1.54, 1.807) is 12.0 Å². The second kappa shape index (κ2) is 9.13. The third-order valence-electron chi connectivity index (χ3n) is 2.71. The van der Waals surface area contributed by atoms with Crippen molar-refractivity contribution in [3.05, 3.63) is 0 Å². The lowest BCUT2D eigenvalue weighted by Crippen LogP contribution is -2.56. The number of methoxy groups -OCH3 is 1. The quantitative estimate of drug-likeness (QED) is 0.680. The predicted molar refractivity (Wildman–Crippen MR) is 70.8 cm³/mol. The zero-order valence-corrected chi connectivity index (χ0v) is 11.7. The summed E-state index contributed by atoms with van der Waals surface area (Å²) in [6.45, 7) is 4.96. The van der Waals surface area contributed by atoms with Crippen molar-refractivity contribution in [2.45, 2.75) is 19.4 Å². The minimum absolute atomic E-state index is 0. The van der Waals surface area contributed by atoms with Gasteiger partial charge in [-0.25, -0.2) is 0 Å². The first-order chi connectivity index (χ1) is 8.19. The first-order valence-electron chi connectivity index (χ1n) is 5.96. The lowest BCUT2D eigenvalue weighted by Gasteiger charge is -2.32. The van der Waals surface area contributed by atoms with Gasteiger partial charge >= 0.3 is 0 Å². The minimum atomic E-state index is -0.396. The molecule has 1 atom stereocenters. The molecule has 2 amide bonds. The second-order valence-electron chi connectivity index (χ2n) is 3.98. The standard InChI is InChI=1S/C11H21N3O3.ClH/c1-3-12-10(15)8-9-11(16)14(5-4-13-9)6-7-17-2;/h9,13H,3-8H2,1-2H3,(H,12,15);1H. The Morgan fingerprint density at radius 1 is 1.61 bits per heavy atom. The first kappa shape index (κ1) is 17.2. The molecule has 1 saturated heterocycles. The predicted octanol–water partition coefficient (Wildman–Crippen LogP) is -0.619. The summed E-state index contributed by atoms with van der Waals surface area (Å²) in [5.74, 6) is -0.105. The van der Waals surface area contributed by atoms with Gasteiger partial charge in [-0.15, -0.1) is 12.4 Å². The Kier molecular flexibility index (Phi) is 8.70. The highest BCUT2D eigenvalue weighted by molar-refractivity contribution is 5.88. The van der Waals surface area contributed by atoms with Crippen molar-refractivity contribution < 1.29 is 14.3 Å². The van der Waals surface area contributed by atoms with Crippen LogP contribution in [0.5, 0.6) is 0 Å². The third-order valence-corrected chi connectivity index (χ3v) is 2.71. The van der Waals surface area contributed by atoms with E-state index in [2.05, 4.69) is 10.6 Å². The van der Waals surface area contributed by atoms with Gasteiger partial charge in [0.15, 0.2) is 0 Å². The number of rotatable bonds is 6. The Morgan fingerprint density at radius 3 is 2.94 bits per heavy atom. The average Bonchev–Trinajstić information content (AvgIpc) is 2.30. The van der Waals surface area contributed by atoms with Gasteiger partial charge < -0.3 is 20.3 Å². The van der Waals surface area contributed by atoms with Crippen LogP contribution in [0, 0.1) is 0 Å². The molecule has 2 N–H and O–H groups in total. The van der Waals surface area contributed by atoms with E-state index in [4.69, 9.17) is 4.74 Å². The summed E-state index contributed by atoms with van der Waals surface area (Å²) < 4.78 is 4.95. The third kappa shape index (κ3) is 5.20. The normalized spacial score (nSPS) is 19.3. The largest absolute Gasteiger partial charge is 0.383 e. The summed E-state index contributed by atoms with van der Waals surface area (Å²) in [6, 6.07) is -0.396. The molecule has 1 heterocycles. The number of hydrogen-bond acceptors (Lipinski definition) is 4. The summed E-state index contributed by atoms with van der Waals surface area (Å²) in [5, 5.41) is 5.77. The second-order valence-corrected chi connectivity index (χ2v) is 3.98. The Bertz CT molecular complexity index is 276. The fraction of sp³-hybridized carbons (Fsp3) is 0.818. The van der Waals surface area contributed by atoms with Crippen molar-refractivity contribution in [2.24, 2.45) is 0 Å². The molecule has 0 aromatic carbocycles. The number of amides is 2. The molecule has 0 spiro atoms. The van der Waals surface area contributed by atoms with Crippen LogP contribution in [0.15, 0.2) is 0 Å². The monoisotopic (exact) mass is 279 g/mol. The van der Waals surface area contributed by atoms with Crippen LogP contribution >= 0.6 is 12.4 Å². The topological polar surface area (TPSA) is 70.7 Å². The van der Waals surface area contributed by atoms with Crippen LogP contribution in [0.4, 0.5) is 0 Å². The van der Waals surface area contributed by atoms with Gasteiger partial charge in [0.1, 0.15) is 0 Å². The van der Waals surface area contributed by atoms with Crippen LogP contribution < -0.4 is 10.6 Å². The zero-order valence-electron chi connectivity index (χ0n) is 10.9. The molecule has 18 heavy (non-hydrogen) atoms. The van der Waals surface area contributed by atoms with Crippen molar-refractivity contribution in [2.75, 3.05) is 39.9 Å². The molecule has 6 nitrogen and oxygen atoms in total. The highest BCUT2D eigenvalue weighted by Gasteiger charge is 2.29. The maximum absolute atomic E-state index is 12.0. The van der Waals surface area contributed by atoms with Crippen LogP contribution in [0.1, 0.15) is 13.3 Å². The lowest BCUT2D eigenvalue weighted by molar-refractivity contribution is -0.138. The number of nitrogens with zero attached hydrogens (tertiary/aromatic N) is 1. The van der Waals surface area contributed by atoms with Gasteiger partial charge in [0.05, 0.1) is 19.1 Å². The fourth-order valence-corrected chi connectivity index (χ4v) is 1.83. The van der Waals surface area contributed by atoms with Crippen LogP contribution in [-0.4, -0.2) is 62.7 Å². The summed E-state index contributed by atoms with van der Waals surface area (Å²) >= 11 is 0. The molecule has 0 aromatic rings. The van der Waals surface area contributed by atoms with E-state index < -0.39 is 6.04 Å². The van der Waals surface area contributed by atoms with Gasteiger partial charge in [-0.1, -0.05) is 0 Å². The van der Waals surface area contributed by atoms with Crippen molar-refractivity contribution in [3.8, 4) is 0 Å². The van der Waals surface area contributed by atoms with Gasteiger partial charge in [-0.3, -0.25) is 9.59 Å². The van der Waals surface area contributed by atoms with Crippen molar-refractivity contribution in [1.29, 1.82) is 0 Å². The summed E-state index contributed by atoms with van der Waals surface area (Å²) in [7, 11) is 1.61. The molecule has 1 aliphatic heterocycles. The van der Waals surface area contributed by atoms with E-state index >= 15 is 0 Å². The van der Waals surface area contributed by atoms with E-state index in [1.807, 2.05) is 6.92 Å². The number of ether oxygens (including phenoxy) is 1. The molecule has 1 aliphatic rings. The highest BCUT2D eigenvalue weighted by atomic mass is 35.5. The van der Waals surface area contributed by atoms with Crippen LogP contribution in [-0.2, 0) is 14.3 Å². The molecule has 106 valence electrons. The zero-order chi connectivity index (χ0) is 12.7. The Morgan fingerprint density at radius 2 is 2.33 bits per heavy atom. The van der Waals surface area contributed by atoms with Gasteiger partial charge in [-0.2, -0.15) is 0 Å². The number of nitrogens with one attached hydrogen (secondary N) is 2. The van der Waals surface area contributed by atoms with Crippen LogP contribution in [0.3, 0.4) is 0 Å². The molecule has 1 rings (SSSR count). The van der Waals surface area contributed by atoms with Crippen LogP contribution in [0.2, 0.25) is 0 Å². The maximum Gasteiger partial charge on any atom is 0.240 e. The molecule has 0 radical (unpaired) electrons. The minimum Gasteiger partial charge on any atom is -0.383 e. The molecule has 1 unspecified atom stereocenters. The van der Waals surface area contributed by atoms with E-state index in [0.29, 0.717) is 26.2 Å². The van der Waals surface area contributed by atoms with Crippen molar-refractivity contribution in [3.63, 3.8) is 0 Å². The molecule has 0 saturated carbocycles. The number of hydrogen-bond donors (Lipinski definition) is 2. The van der Waals surface area contributed by atoms with Crippen molar-refractivity contribution in [1.82, 2.24) is 15.5 Å². The molecule has 7 heteroatoms. The number of carbonyl (C=O) groups is 2. The molecule has 1 fully saturated rings. The molecule has 0 bridgehead atoms. The molecule has 0 aromatic heterocycles. The number of piperazine rings is 1. The fourth-order valence-electron chi connectivity index (χ4n) is 1.83. The summed E-state index contributed by atoms with van der Waals surface area (Å²) in [6.07, 6.45) is 0.205. The number of halogens is 1. The molecular weight excluding hydrogens is 258 g/mol.